The van der Waals surface area contributed by atoms with Gasteiger partial charge in [-0.3, -0.25) is 6.08 Å². The van der Waals surface area contributed by atoms with Gasteiger partial charge in [-0.1, -0.05) is 161 Å². The molecule has 0 amide bonds. The molecule has 0 atom stereocenters. The minimum absolute atomic E-state index is 0. The maximum atomic E-state index is 3.93. The van der Waals surface area contributed by atoms with Gasteiger partial charge in [-0.05, 0) is 58.9 Å². The molecule has 0 saturated heterocycles. The second-order valence-electron chi connectivity index (χ2n) is 17.9. The number of aryl methyl sites for hydroxylation is 2. The van der Waals surface area contributed by atoms with E-state index in [2.05, 4.69) is 193 Å². The summed E-state index contributed by atoms with van der Waals surface area (Å²) in [6, 6.07) is 63.5. The van der Waals surface area contributed by atoms with E-state index in [9.17, 15) is 0 Å². The first-order valence-electron chi connectivity index (χ1n) is 21.5. The maximum absolute atomic E-state index is 3.93. The molecule has 8 aromatic rings. The van der Waals surface area contributed by atoms with E-state index in [1.54, 1.807) is 0 Å². The Kier molecular flexibility index (Phi) is 19.3. The summed E-state index contributed by atoms with van der Waals surface area (Å²) in [7, 11) is 0. The van der Waals surface area contributed by atoms with Gasteiger partial charge in [-0.2, -0.15) is 54.6 Å². The first kappa shape index (κ1) is 51.7. The summed E-state index contributed by atoms with van der Waals surface area (Å²) in [5, 5.41) is 5.07. The van der Waals surface area contributed by atoms with Crippen LogP contribution in [0.5, 0.6) is 0 Å². The predicted molar refractivity (Wildman–Crippen MR) is 280 cm³/mol. The van der Waals surface area contributed by atoms with Gasteiger partial charge in [-0.25, -0.2) is 12.2 Å². The molecule has 0 spiro atoms. The average Bonchev–Trinajstić information content (AvgIpc) is 3.99. The summed E-state index contributed by atoms with van der Waals surface area (Å²) in [4.78, 5) is 0. The van der Waals surface area contributed by atoms with Crippen LogP contribution in [0.3, 0.4) is 0 Å². The Labute approximate surface area is 411 Å². The largest absolute Gasteiger partial charge is 0.183 e. The van der Waals surface area contributed by atoms with Gasteiger partial charge in [0.1, 0.15) is 0 Å². The molecule has 0 N–H and O–H groups in total. The first-order chi connectivity index (χ1) is 29.9. The van der Waals surface area contributed by atoms with Crippen LogP contribution in [-0.4, -0.2) is 4.21 Å². The summed E-state index contributed by atoms with van der Waals surface area (Å²) < 4.78 is 3.34. The van der Waals surface area contributed by atoms with Crippen molar-refractivity contribution < 1.29 is 24.2 Å². The van der Waals surface area contributed by atoms with Crippen molar-refractivity contribution in [3.63, 3.8) is 0 Å². The minimum atomic E-state index is 0. The molecular weight excluding hydrogens is 895 g/mol. The van der Waals surface area contributed by atoms with E-state index in [0.717, 1.165) is 12.8 Å². The molecule has 2 aliphatic rings. The standard InChI is InChI=1S/C35H37.2C10H7.C5H5.CH2.2ClH.Zr/c1-22-13-9-11-15-26(22)30-18-24-17-25-19-31(27-16-12-10-14-23(27)2)33(35(6,7)8)21-29(25)28(24)20-32(30)34(3,4)5;2*1-2-6-10-8-4-3-7-9(10)5-1;1-2-4-5-3-1;;;;/h9-16,18,20-21H,17H2,1-8H3;2*1-3,5-8H;1-3H,4H2;1H2;2*1H;/q4*-1;;;;. The van der Waals surface area contributed by atoms with E-state index in [1.807, 2.05) is 60.7 Å². The van der Waals surface area contributed by atoms with E-state index in [-0.39, 0.29) is 35.6 Å². The summed E-state index contributed by atoms with van der Waals surface area (Å²) in [5.41, 5.74) is 16.3. The summed E-state index contributed by atoms with van der Waals surface area (Å²) >= 11 is 1.30. The van der Waals surface area contributed by atoms with Crippen molar-refractivity contribution in [2.75, 3.05) is 0 Å². The van der Waals surface area contributed by atoms with Crippen LogP contribution in [-0.2, 0) is 41.5 Å². The van der Waals surface area contributed by atoms with Crippen molar-refractivity contribution in [1.82, 2.24) is 0 Å². The summed E-state index contributed by atoms with van der Waals surface area (Å²) in [5.74, 6) is 0. The maximum Gasteiger partial charge on any atom is -0.0648 e. The normalized spacial score (nSPS) is 11.7. The number of hydrogen-bond donors (Lipinski definition) is 0. The molecule has 3 heteroatoms. The zero-order valence-electron chi connectivity index (χ0n) is 38.6. The zero-order valence-corrected chi connectivity index (χ0v) is 42.7. The molecule has 0 aromatic heterocycles. The number of rotatable bonds is 2. The molecule has 326 valence electrons. The predicted octanol–water partition coefficient (Wildman–Crippen LogP) is 17.0. The smallest absolute Gasteiger partial charge is 0.0648 e. The van der Waals surface area contributed by atoms with Crippen LogP contribution in [0.2, 0.25) is 0 Å². The van der Waals surface area contributed by atoms with Gasteiger partial charge in [0.15, 0.2) is 0 Å². The molecule has 0 nitrogen and oxygen atoms in total. The number of fused-ring (bicyclic) bond motifs is 5. The van der Waals surface area contributed by atoms with Crippen LogP contribution in [0.15, 0.2) is 170 Å². The molecule has 0 heterocycles. The SMILES string of the molecule is Cc1ccccc1-c1[c-]c2c(cc1C(C)(C)C)-c1cc(C(C)(C)C)c(-c3ccccc3C)cc1C2.Cl.Cl.[C-]1=CC=CC1.[CH2]=[Zr].[c-]1ccc2ccccc2c1.[c-]1ccc2ccccc2c1. The van der Waals surface area contributed by atoms with E-state index in [1.165, 1.54) is 113 Å². The molecule has 2 aliphatic carbocycles. The Morgan fingerprint density at radius 2 is 1.00 bits per heavy atom. The Morgan fingerprint density at radius 3 is 1.45 bits per heavy atom. The summed E-state index contributed by atoms with van der Waals surface area (Å²) in [6.45, 7) is 18.4. The molecule has 0 bridgehead atoms. The molecule has 0 unspecified atom stereocenters. The number of hydrogen-bond acceptors (Lipinski definition) is 0. The van der Waals surface area contributed by atoms with Gasteiger partial charge in [0, 0.05) is 0 Å². The molecule has 0 fully saturated rings. The molecule has 0 saturated carbocycles. The Morgan fingerprint density at radius 1 is 0.516 bits per heavy atom. The van der Waals surface area contributed by atoms with Crippen molar-refractivity contribution in [1.29, 1.82) is 0 Å². The van der Waals surface area contributed by atoms with Crippen LogP contribution in [0, 0.1) is 38.1 Å². The second-order valence-corrected chi connectivity index (χ2v) is 17.9. The minimum Gasteiger partial charge on any atom is -0.183 e. The van der Waals surface area contributed by atoms with Crippen molar-refractivity contribution in [3.8, 4) is 33.4 Å². The van der Waals surface area contributed by atoms with Crippen LogP contribution >= 0.6 is 24.8 Å². The fourth-order valence-electron chi connectivity index (χ4n) is 8.06. The van der Waals surface area contributed by atoms with Gasteiger partial charge in [0.2, 0.25) is 0 Å². The molecular formula is C61H60Cl2Zr-4. The number of halogens is 2. The number of benzene rings is 8. The van der Waals surface area contributed by atoms with Crippen LogP contribution in [0.1, 0.15) is 81.3 Å². The Hall–Kier alpha value is -4.91. The first-order valence-corrected chi connectivity index (χ1v) is 23.3. The Balaban J connectivity index is 0.000000248. The van der Waals surface area contributed by atoms with Gasteiger partial charge in [0.25, 0.3) is 0 Å². The van der Waals surface area contributed by atoms with Gasteiger partial charge < -0.3 is 0 Å². The van der Waals surface area contributed by atoms with Crippen LogP contribution < -0.4 is 0 Å². The van der Waals surface area contributed by atoms with Crippen molar-refractivity contribution in [2.24, 2.45) is 0 Å². The summed E-state index contributed by atoms with van der Waals surface area (Å²) in [6.07, 6.45) is 10.9. The van der Waals surface area contributed by atoms with E-state index >= 15 is 0 Å². The molecule has 8 aromatic carbocycles. The van der Waals surface area contributed by atoms with Crippen LogP contribution in [0.4, 0.5) is 0 Å². The quantitative estimate of drug-likeness (QED) is 0.152. The fourth-order valence-corrected chi connectivity index (χ4v) is 8.06. The average molecular weight is 955 g/mol. The second kappa shape index (κ2) is 23.9. The Bertz CT molecular complexity index is 2510. The van der Waals surface area contributed by atoms with E-state index in [0.29, 0.717) is 0 Å². The third-order valence-electron chi connectivity index (χ3n) is 11.3. The third kappa shape index (κ3) is 12.9. The van der Waals surface area contributed by atoms with Crippen molar-refractivity contribution in [2.45, 2.75) is 79.1 Å². The monoisotopic (exact) mass is 952 g/mol. The molecule has 10 rings (SSSR count). The molecule has 64 heavy (non-hydrogen) atoms. The fraction of sp³-hybridized carbons (Fsp3) is 0.197. The molecule has 0 radical (unpaired) electrons. The van der Waals surface area contributed by atoms with E-state index in [4.69, 9.17) is 0 Å². The molecule has 0 aliphatic heterocycles. The van der Waals surface area contributed by atoms with Gasteiger partial charge >= 0.3 is 28.4 Å². The van der Waals surface area contributed by atoms with Crippen LogP contribution in [0.25, 0.3) is 54.9 Å². The van der Waals surface area contributed by atoms with Crippen molar-refractivity contribution in [3.05, 3.63) is 228 Å². The number of allylic oxidation sites excluding steroid dienone is 4. The van der Waals surface area contributed by atoms with E-state index < -0.39 is 0 Å². The van der Waals surface area contributed by atoms with Gasteiger partial charge in [0.05, 0.1) is 0 Å². The zero-order chi connectivity index (χ0) is 44.3. The topological polar surface area (TPSA) is 0 Å². The van der Waals surface area contributed by atoms with Gasteiger partial charge in [-0.15, -0.1) is 93.7 Å². The third-order valence-corrected chi connectivity index (χ3v) is 11.3. The van der Waals surface area contributed by atoms with Crippen molar-refractivity contribution >= 4 is 50.6 Å².